The summed E-state index contributed by atoms with van der Waals surface area (Å²) in [7, 11) is 2.14. The smallest absolute Gasteiger partial charge is 0.0605 e. The average molecular weight is 181 g/mol. The van der Waals surface area contributed by atoms with Gasteiger partial charge in [0.2, 0.25) is 0 Å². The fourth-order valence-electron chi connectivity index (χ4n) is 1.66. The van der Waals surface area contributed by atoms with Crippen LogP contribution in [0, 0.1) is 11.8 Å². The van der Waals surface area contributed by atoms with Gasteiger partial charge in [-0.25, -0.2) is 0 Å². The van der Waals surface area contributed by atoms with Crippen molar-refractivity contribution in [3.63, 3.8) is 0 Å². The molecule has 0 spiro atoms. The Labute approximate surface area is 80.9 Å². The molecule has 1 aliphatic heterocycles. The second-order valence-corrected chi connectivity index (χ2v) is 3.55. The maximum Gasteiger partial charge on any atom is 0.0605 e. The Bertz CT molecular complexity index is 204. The van der Waals surface area contributed by atoms with Crippen LogP contribution in [-0.2, 0) is 0 Å². The Morgan fingerprint density at radius 2 is 2.23 bits per heavy atom. The second kappa shape index (κ2) is 5.23. The van der Waals surface area contributed by atoms with E-state index in [0.717, 1.165) is 32.7 Å². The van der Waals surface area contributed by atoms with Crippen LogP contribution in [0.1, 0.15) is 6.92 Å². The predicted octanol–water partition coefficient (Wildman–Crippen LogP) is -0.416. The summed E-state index contributed by atoms with van der Waals surface area (Å²) >= 11 is 0. The zero-order valence-corrected chi connectivity index (χ0v) is 8.58. The Morgan fingerprint density at radius 1 is 1.46 bits per heavy atom. The van der Waals surface area contributed by atoms with Crippen LogP contribution in [0.5, 0.6) is 0 Å². The van der Waals surface area contributed by atoms with E-state index in [0.29, 0.717) is 6.04 Å². The molecule has 1 atom stereocenters. The van der Waals surface area contributed by atoms with Crippen molar-refractivity contribution in [3.05, 3.63) is 0 Å². The van der Waals surface area contributed by atoms with Gasteiger partial charge in [-0.05, 0) is 14.0 Å². The normalized spacial score (nSPS) is 25.3. The summed E-state index contributed by atoms with van der Waals surface area (Å²) in [6, 6.07) is 0.486. The average Bonchev–Trinajstić information content (AvgIpc) is 2.16. The molecule has 0 radical (unpaired) electrons. The van der Waals surface area contributed by atoms with Crippen LogP contribution in [0.3, 0.4) is 0 Å². The van der Waals surface area contributed by atoms with E-state index in [4.69, 9.17) is 5.73 Å². The van der Waals surface area contributed by atoms with Crippen molar-refractivity contribution in [3.8, 4) is 11.8 Å². The topological polar surface area (TPSA) is 32.5 Å². The summed E-state index contributed by atoms with van der Waals surface area (Å²) in [5.74, 6) is 6.02. The van der Waals surface area contributed by atoms with E-state index in [1.165, 1.54) is 0 Å². The number of hydrogen-bond acceptors (Lipinski definition) is 3. The van der Waals surface area contributed by atoms with Crippen molar-refractivity contribution >= 4 is 0 Å². The van der Waals surface area contributed by atoms with Crippen LogP contribution in [0.4, 0.5) is 0 Å². The quantitative estimate of drug-likeness (QED) is 0.588. The zero-order chi connectivity index (χ0) is 9.68. The number of hydrogen-bond donors (Lipinski definition) is 1. The fourth-order valence-corrected chi connectivity index (χ4v) is 1.66. The standard InChI is InChI=1S/C10H19N3/c1-3-4-5-13-7-6-12(2)9-10(13)8-11/h10H,5-9,11H2,1-2H3. The molecule has 0 aromatic carbocycles. The molecule has 13 heavy (non-hydrogen) atoms. The molecule has 1 heterocycles. The van der Waals surface area contributed by atoms with E-state index in [-0.39, 0.29) is 0 Å². The van der Waals surface area contributed by atoms with E-state index >= 15 is 0 Å². The lowest BCUT2D eigenvalue weighted by Gasteiger charge is -2.38. The predicted molar refractivity (Wildman–Crippen MR) is 55.4 cm³/mol. The van der Waals surface area contributed by atoms with E-state index < -0.39 is 0 Å². The Kier molecular flexibility index (Phi) is 4.23. The third-order valence-electron chi connectivity index (χ3n) is 2.54. The summed E-state index contributed by atoms with van der Waals surface area (Å²) in [6.07, 6.45) is 0. The van der Waals surface area contributed by atoms with Gasteiger partial charge in [0, 0.05) is 32.2 Å². The van der Waals surface area contributed by atoms with Gasteiger partial charge < -0.3 is 10.6 Å². The lowest BCUT2D eigenvalue weighted by atomic mass is 10.2. The molecular weight excluding hydrogens is 162 g/mol. The second-order valence-electron chi connectivity index (χ2n) is 3.55. The maximum atomic E-state index is 5.71. The van der Waals surface area contributed by atoms with Gasteiger partial charge in [-0.1, -0.05) is 5.92 Å². The number of nitrogens with two attached hydrogens (primary N) is 1. The first-order chi connectivity index (χ1) is 6.27. The first kappa shape index (κ1) is 10.5. The van der Waals surface area contributed by atoms with Crippen LogP contribution >= 0.6 is 0 Å². The van der Waals surface area contributed by atoms with Crippen LogP contribution in [-0.4, -0.2) is 55.6 Å². The molecule has 0 aromatic heterocycles. The summed E-state index contributed by atoms with van der Waals surface area (Å²) < 4.78 is 0. The number of piperazine rings is 1. The molecule has 0 bridgehead atoms. The van der Waals surface area contributed by atoms with Crippen LogP contribution in [0.25, 0.3) is 0 Å². The van der Waals surface area contributed by atoms with Gasteiger partial charge in [-0.15, -0.1) is 5.92 Å². The van der Waals surface area contributed by atoms with Crippen molar-refractivity contribution in [2.45, 2.75) is 13.0 Å². The number of likely N-dealkylation sites (N-methyl/N-ethyl adjacent to an activating group) is 1. The molecule has 1 rings (SSSR count). The molecule has 0 saturated carbocycles. The van der Waals surface area contributed by atoms with Gasteiger partial charge in [0.1, 0.15) is 0 Å². The van der Waals surface area contributed by atoms with Gasteiger partial charge in [0.25, 0.3) is 0 Å². The van der Waals surface area contributed by atoms with Crippen LogP contribution in [0.15, 0.2) is 0 Å². The Morgan fingerprint density at radius 3 is 2.85 bits per heavy atom. The first-order valence-corrected chi connectivity index (χ1v) is 4.80. The molecular formula is C10H19N3. The van der Waals surface area contributed by atoms with E-state index in [2.05, 4.69) is 28.7 Å². The minimum absolute atomic E-state index is 0.486. The SMILES string of the molecule is CC#CCN1CCN(C)CC1CN. The largest absolute Gasteiger partial charge is 0.329 e. The highest BCUT2D eigenvalue weighted by atomic mass is 15.3. The van der Waals surface area contributed by atoms with E-state index in [1.807, 2.05) is 6.92 Å². The van der Waals surface area contributed by atoms with Crippen molar-refractivity contribution in [1.82, 2.24) is 9.80 Å². The third kappa shape index (κ3) is 3.00. The summed E-state index contributed by atoms with van der Waals surface area (Å²) in [5.41, 5.74) is 5.71. The molecule has 1 saturated heterocycles. The minimum atomic E-state index is 0.486. The highest BCUT2D eigenvalue weighted by molar-refractivity contribution is 4.99. The lowest BCUT2D eigenvalue weighted by molar-refractivity contribution is 0.107. The monoisotopic (exact) mass is 181 g/mol. The highest BCUT2D eigenvalue weighted by Crippen LogP contribution is 2.05. The Hall–Kier alpha value is -0.560. The molecule has 1 unspecified atom stereocenters. The van der Waals surface area contributed by atoms with Gasteiger partial charge in [-0.2, -0.15) is 0 Å². The van der Waals surface area contributed by atoms with E-state index in [1.54, 1.807) is 0 Å². The van der Waals surface area contributed by atoms with Crippen LogP contribution < -0.4 is 5.73 Å². The van der Waals surface area contributed by atoms with Gasteiger partial charge in [0.15, 0.2) is 0 Å². The van der Waals surface area contributed by atoms with Crippen LogP contribution in [0.2, 0.25) is 0 Å². The molecule has 2 N–H and O–H groups in total. The van der Waals surface area contributed by atoms with Crippen molar-refractivity contribution in [1.29, 1.82) is 0 Å². The molecule has 3 nitrogen and oxygen atoms in total. The highest BCUT2D eigenvalue weighted by Gasteiger charge is 2.22. The zero-order valence-electron chi connectivity index (χ0n) is 8.58. The van der Waals surface area contributed by atoms with Crippen molar-refractivity contribution in [2.75, 3.05) is 39.8 Å². The number of rotatable bonds is 2. The van der Waals surface area contributed by atoms with Gasteiger partial charge in [-0.3, -0.25) is 4.90 Å². The molecule has 1 aliphatic rings. The fraction of sp³-hybridized carbons (Fsp3) is 0.800. The molecule has 74 valence electrons. The van der Waals surface area contributed by atoms with Gasteiger partial charge in [0.05, 0.1) is 6.54 Å². The first-order valence-electron chi connectivity index (χ1n) is 4.80. The maximum absolute atomic E-state index is 5.71. The lowest BCUT2D eigenvalue weighted by Crippen LogP contribution is -2.54. The molecule has 1 fully saturated rings. The van der Waals surface area contributed by atoms with Gasteiger partial charge >= 0.3 is 0 Å². The summed E-state index contributed by atoms with van der Waals surface area (Å²) in [5, 5.41) is 0. The van der Waals surface area contributed by atoms with Crippen molar-refractivity contribution < 1.29 is 0 Å². The molecule has 3 heteroatoms. The molecule has 0 aliphatic carbocycles. The Balaban J connectivity index is 2.45. The third-order valence-corrected chi connectivity index (χ3v) is 2.54. The van der Waals surface area contributed by atoms with Crippen molar-refractivity contribution in [2.24, 2.45) is 5.73 Å². The number of nitrogens with zero attached hydrogens (tertiary/aromatic N) is 2. The molecule has 0 amide bonds. The minimum Gasteiger partial charge on any atom is -0.329 e. The van der Waals surface area contributed by atoms with E-state index in [9.17, 15) is 0 Å². The summed E-state index contributed by atoms with van der Waals surface area (Å²) in [6.45, 7) is 6.77. The molecule has 0 aromatic rings. The summed E-state index contributed by atoms with van der Waals surface area (Å²) in [4.78, 5) is 4.70.